The summed E-state index contributed by atoms with van der Waals surface area (Å²) >= 11 is 0. The van der Waals surface area contributed by atoms with Crippen LogP contribution in [0.1, 0.15) is 28.9 Å². The van der Waals surface area contributed by atoms with Gasteiger partial charge in [-0.05, 0) is 49.6 Å². The summed E-state index contributed by atoms with van der Waals surface area (Å²) < 4.78 is 26.4. The lowest BCUT2D eigenvalue weighted by atomic mass is 10.0. The van der Waals surface area contributed by atoms with Crippen molar-refractivity contribution in [1.29, 1.82) is 0 Å². The second-order valence-electron chi connectivity index (χ2n) is 8.49. The number of aromatic nitrogens is 2. The van der Waals surface area contributed by atoms with Gasteiger partial charge in [0.05, 0.1) is 22.9 Å². The van der Waals surface area contributed by atoms with Gasteiger partial charge in [-0.3, -0.25) is 19.1 Å². The number of nitrogens with zero attached hydrogens (tertiary/aromatic N) is 2. The first-order valence-electron chi connectivity index (χ1n) is 10.9. The zero-order valence-electron chi connectivity index (χ0n) is 18.9. The van der Waals surface area contributed by atoms with Crippen LogP contribution in [0.3, 0.4) is 0 Å². The Morgan fingerprint density at radius 2 is 1.79 bits per heavy atom. The van der Waals surface area contributed by atoms with Crippen molar-refractivity contribution >= 4 is 33.0 Å². The zero-order valence-corrected chi connectivity index (χ0v) is 19.8. The minimum absolute atomic E-state index is 0.0276. The molecule has 10 heteroatoms. The van der Waals surface area contributed by atoms with Gasteiger partial charge in [-0.1, -0.05) is 24.3 Å². The number of anilines is 2. The van der Waals surface area contributed by atoms with Crippen LogP contribution in [0.4, 0.5) is 11.4 Å². The first-order chi connectivity index (χ1) is 16.1. The molecule has 1 saturated heterocycles. The maximum atomic E-state index is 13.0. The van der Waals surface area contributed by atoms with Crippen LogP contribution in [0.5, 0.6) is 0 Å². The maximum Gasteiger partial charge on any atom is 0.295 e. The molecule has 2 heterocycles. The third kappa shape index (κ3) is 4.96. The molecule has 0 unspecified atom stereocenters. The molecule has 0 saturated carbocycles. The van der Waals surface area contributed by atoms with Crippen molar-refractivity contribution < 1.29 is 18.0 Å². The highest BCUT2D eigenvalue weighted by Gasteiger charge is 2.29. The molecule has 0 radical (unpaired) electrons. The summed E-state index contributed by atoms with van der Waals surface area (Å²) in [6, 6.07) is 15.5. The van der Waals surface area contributed by atoms with Crippen LogP contribution >= 0.6 is 0 Å². The Kier molecular flexibility index (Phi) is 6.43. The minimum Gasteiger partial charge on any atom is -0.326 e. The van der Waals surface area contributed by atoms with Gasteiger partial charge in [0.1, 0.15) is 5.69 Å². The molecule has 1 aromatic heterocycles. The Balaban J connectivity index is 1.48. The average Bonchev–Trinajstić information content (AvgIpc) is 3.24. The fourth-order valence-electron chi connectivity index (χ4n) is 4.14. The number of hydrogen-bond acceptors (Lipinski definition) is 5. The second kappa shape index (κ2) is 9.30. The number of rotatable bonds is 6. The highest BCUT2D eigenvalue weighted by molar-refractivity contribution is 7.91. The zero-order chi connectivity index (χ0) is 24.5. The van der Waals surface area contributed by atoms with Crippen molar-refractivity contribution in [1.82, 2.24) is 9.36 Å². The third-order valence-electron chi connectivity index (χ3n) is 6.00. The quantitative estimate of drug-likeness (QED) is 0.560. The Hall–Kier alpha value is -3.66. The van der Waals surface area contributed by atoms with Gasteiger partial charge < -0.3 is 10.6 Å². The van der Waals surface area contributed by atoms with Gasteiger partial charge in [0.2, 0.25) is 5.91 Å². The lowest BCUT2D eigenvalue weighted by Crippen LogP contribution is -2.23. The first kappa shape index (κ1) is 23.5. The van der Waals surface area contributed by atoms with E-state index in [1.807, 2.05) is 18.2 Å². The van der Waals surface area contributed by atoms with E-state index in [1.54, 1.807) is 49.0 Å². The summed E-state index contributed by atoms with van der Waals surface area (Å²) in [6.45, 7) is 1.75. The highest BCUT2D eigenvalue weighted by atomic mass is 32.2. The van der Waals surface area contributed by atoms with Crippen LogP contribution < -0.4 is 16.2 Å². The monoisotopic (exact) mass is 482 g/mol. The first-order valence-corrected chi connectivity index (χ1v) is 12.7. The molecule has 4 rings (SSSR count). The maximum absolute atomic E-state index is 13.0. The minimum atomic E-state index is -3.05. The summed E-state index contributed by atoms with van der Waals surface area (Å²) in [5, 5.41) is 5.43. The summed E-state index contributed by atoms with van der Waals surface area (Å²) in [5.74, 6) is -0.830. The van der Waals surface area contributed by atoms with Crippen molar-refractivity contribution in [2.24, 2.45) is 13.0 Å². The molecule has 1 aliphatic heterocycles. The van der Waals surface area contributed by atoms with Crippen LogP contribution in [0.25, 0.3) is 5.69 Å². The van der Waals surface area contributed by atoms with Crippen molar-refractivity contribution in [2.75, 3.05) is 22.1 Å². The molecule has 0 aliphatic carbocycles. The molecule has 0 spiro atoms. The number of nitrogens with one attached hydrogen (secondary N) is 2. The Morgan fingerprint density at radius 3 is 2.47 bits per heavy atom. The molecule has 2 amide bonds. The Labute approximate surface area is 197 Å². The average molecular weight is 483 g/mol. The summed E-state index contributed by atoms with van der Waals surface area (Å²) in [7, 11) is -1.31. The number of carbonyl (C=O) groups is 2. The van der Waals surface area contributed by atoms with E-state index in [2.05, 4.69) is 10.6 Å². The molecular weight excluding hydrogens is 456 g/mol. The van der Waals surface area contributed by atoms with Crippen molar-refractivity contribution in [3.05, 3.63) is 76.2 Å². The van der Waals surface area contributed by atoms with Gasteiger partial charge in [-0.25, -0.2) is 13.1 Å². The third-order valence-corrected chi connectivity index (χ3v) is 7.84. The molecule has 0 bridgehead atoms. The highest BCUT2D eigenvalue weighted by Crippen LogP contribution is 2.22. The number of amides is 2. The van der Waals surface area contributed by atoms with Crippen LogP contribution in [0.2, 0.25) is 0 Å². The van der Waals surface area contributed by atoms with E-state index in [4.69, 9.17) is 0 Å². The van der Waals surface area contributed by atoms with E-state index in [0.29, 0.717) is 23.5 Å². The lowest BCUT2D eigenvalue weighted by molar-refractivity contribution is -0.116. The van der Waals surface area contributed by atoms with Gasteiger partial charge in [-0.15, -0.1) is 0 Å². The van der Waals surface area contributed by atoms with Crippen molar-refractivity contribution in [2.45, 2.75) is 19.8 Å². The Bertz CT molecular complexity index is 1410. The molecule has 1 fully saturated rings. The van der Waals surface area contributed by atoms with E-state index in [9.17, 15) is 22.8 Å². The normalized spacial score (nSPS) is 16.8. The number of carbonyl (C=O) groups excluding carboxylic acids is 2. The molecular formula is C24H26N4O5S. The number of hydrogen-bond donors (Lipinski definition) is 2. The molecule has 1 atom stereocenters. The number of sulfone groups is 1. The fourth-order valence-corrected chi connectivity index (χ4v) is 6.01. The molecule has 9 nitrogen and oxygen atoms in total. The van der Waals surface area contributed by atoms with E-state index in [1.165, 1.54) is 10.7 Å². The smallest absolute Gasteiger partial charge is 0.295 e. The van der Waals surface area contributed by atoms with Crippen LogP contribution in [-0.2, 0) is 21.7 Å². The number of para-hydroxylation sites is 1. The van der Waals surface area contributed by atoms with E-state index >= 15 is 0 Å². The van der Waals surface area contributed by atoms with Crippen molar-refractivity contribution in [3.63, 3.8) is 0 Å². The van der Waals surface area contributed by atoms with E-state index in [-0.39, 0.29) is 46.6 Å². The van der Waals surface area contributed by atoms with Gasteiger partial charge in [0.25, 0.3) is 11.5 Å². The number of benzene rings is 2. The predicted molar refractivity (Wildman–Crippen MR) is 130 cm³/mol. The SMILES string of the molecule is Cc1c(NC(=O)c2cccc(NC(=O)C[C@H]3CCS(=O)(=O)C3)c2)c(=O)n(-c2ccccc2)n1C. The topological polar surface area (TPSA) is 119 Å². The largest absolute Gasteiger partial charge is 0.326 e. The molecule has 3 aromatic rings. The van der Waals surface area contributed by atoms with Crippen molar-refractivity contribution in [3.8, 4) is 5.69 Å². The Morgan fingerprint density at radius 1 is 1.06 bits per heavy atom. The van der Waals surface area contributed by atoms with Crippen LogP contribution in [0, 0.1) is 12.8 Å². The molecule has 2 N–H and O–H groups in total. The van der Waals surface area contributed by atoms with Gasteiger partial charge in [0.15, 0.2) is 9.84 Å². The summed E-state index contributed by atoms with van der Waals surface area (Å²) in [4.78, 5) is 38.3. The van der Waals surface area contributed by atoms with Crippen LogP contribution in [-0.4, -0.2) is 41.1 Å². The summed E-state index contributed by atoms with van der Waals surface area (Å²) in [5.41, 5.74) is 1.79. The predicted octanol–water partition coefficient (Wildman–Crippen LogP) is 2.50. The van der Waals surface area contributed by atoms with E-state index in [0.717, 1.165) is 0 Å². The summed E-state index contributed by atoms with van der Waals surface area (Å²) in [6.07, 6.45) is 0.590. The van der Waals surface area contributed by atoms with Crippen LogP contribution in [0.15, 0.2) is 59.4 Å². The van der Waals surface area contributed by atoms with E-state index < -0.39 is 15.7 Å². The second-order valence-corrected chi connectivity index (χ2v) is 10.7. The lowest BCUT2D eigenvalue weighted by Gasteiger charge is -2.10. The molecule has 178 valence electrons. The van der Waals surface area contributed by atoms with Gasteiger partial charge in [-0.2, -0.15) is 0 Å². The van der Waals surface area contributed by atoms with Gasteiger partial charge >= 0.3 is 0 Å². The molecule has 34 heavy (non-hydrogen) atoms. The standard InChI is InChI=1S/C24H26N4O5S/c1-16-22(24(31)28(27(16)2)20-9-4-3-5-10-20)26-23(30)18-7-6-8-19(14-18)25-21(29)13-17-11-12-34(32,33)15-17/h3-10,14,17H,11-13,15H2,1-2H3,(H,25,29)(H,26,30)/t17-/m1/s1. The fraction of sp³-hybridized carbons (Fsp3) is 0.292. The molecule has 2 aromatic carbocycles. The van der Waals surface area contributed by atoms with Gasteiger partial charge in [0, 0.05) is 24.7 Å². The molecule has 1 aliphatic rings.